The van der Waals surface area contributed by atoms with Crippen molar-refractivity contribution in [1.29, 1.82) is 0 Å². The van der Waals surface area contributed by atoms with Crippen molar-refractivity contribution in [3.05, 3.63) is 77.9 Å². The van der Waals surface area contributed by atoms with Crippen LogP contribution in [-0.2, 0) is 29.1 Å². The molecule has 3 rings (SSSR count). The van der Waals surface area contributed by atoms with E-state index in [9.17, 15) is 14.0 Å². The number of hydrogen-bond donors (Lipinski definition) is 2. The minimum atomic E-state index is -1.08. The first-order valence-corrected chi connectivity index (χ1v) is 8.99. The van der Waals surface area contributed by atoms with Crippen molar-refractivity contribution in [2.75, 3.05) is 6.54 Å². The number of aliphatic carboxylic acids is 1. The number of carbonyl (C=O) groups excluding carboxylic acids is 1. The van der Waals surface area contributed by atoms with Gasteiger partial charge in [-0.1, -0.05) is 42.5 Å². The number of nitrogens with zero attached hydrogens (tertiary/aromatic N) is 2. The predicted molar refractivity (Wildman–Crippen MR) is 104 cm³/mol. The second kappa shape index (κ2) is 9.50. The van der Waals surface area contributed by atoms with E-state index >= 15 is 0 Å². The van der Waals surface area contributed by atoms with E-state index in [1.54, 1.807) is 23.1 Å². The second-order valence-corrected chi connectivity index (χ2v) is 6.36. The van der Waals surface area contributed by atoms with Crippen LogP contribution < -0.4 is 5.32 Å². The van der Waals surface area contributed by atoms with Crippen LogP contribution >= 0.6 is 0 Å². The Hall–Kier alpha value is -3.68. The monoisotopic (exact) mass is 397 g/mol. The van der Waals surface area contributed by atoms with Crippen molar-refractivity contribution in [2.24, 2.45) is 0 Å². The van der Waals surface area contributed by atoms with Crippen molar-refractivity contribution in [3.63, 3.8) is 0 Å². The van der Waals surface area contributed by atoms with Crippen LogP contribution in [0.5, 0.6) is 0 Å². The molecule has 0 aliphatic carbocycles. The van der Waals surface area contributed by atoms with Crippen LogP contribution in [0, 0.1) is 5.82 Å². The number of carboxylic acids is 1. The zero-order valence-corrected chi connectivity index (χ0v) is 15.5. The van der Waals surface area contributed by atoms with Crippen LogP contribution in [0.3, 0.4) is 0 Å². The van der Waals surface area contributed by atoms with E-state index in [2.05, 4.69) is 10.4 Å². The summed E-state index contributed by atoms with van der Waals surface area (Å²) in [5.41, 5.74) is 2.32. The molecule has 1 heterocycles. The van der Waals surface area contributed by atoms with Crippen LogP contribution in [0.25, 0.3) is 11.1 Å². The van der Waals surface area contributed by atoms with Crippen LogP contribution in [0.15, 0.2) is 60.9 Å². The lowest BCUT2D eigenvalue weighted by Crippen LogP contribution is -2.27. The normalized spacial score (nSPS) is 10.5. The molecular weight excluding hydrogens is 377 g/mol. The Balaban J connectivity index is 1.48. The molecule has 0 spiro atoms. The number of carbonyl (C=O) groups is 2. The van der Waals surface area contributed by atoms with E-state index in [0.29, 0.717) is 24.2 Å². The van der Waals surface area contributed by atoms with Gasteiger partial charge in [-0.25, -0.2) is 9.18 Å². The summed E-state index contributed by atoms with van der Waals surface area (Å²) in [5, 5.41) is 15.6. The highest BCUT2D eigenvalue weighted by atomic mass is 19.1. The molecule has 150 valence electrons. The van der Waals surface area contributed by atoms with Gasteiger partial charge in [0.15, 0.2) is 0 Å². The van der Waals surface area contributed by atoms with Crippen molar-refractivity contribution in [3.8, 4) is 11.1 Å². The van der Waals surface area contributed by atoms with Crippen LogP contribution in [0.4, 0.5) is 9.18 Å². The molecule has 0 atom stereocenters. The maximum absolute atomic E-state index is 14.0. The van der Waals surface area contributed by atoms with Crippen molar-refractivity contribution < 1.29 is 23.8 Å². The van der Waals surface area contributed by atoms with Crippen LogP contribution in [0.1, 0.15) is 11.1 Å². The Kier molecular flexibility index (Phi) is 6.57. The SMILES string of the molecule is O=C(O)Cc1ccc(-c2cnn(CCNC(=O)OCc3ccccc3)c2)cc1F. The molecule has 2 N–H and O–H groups in total. The molecule has 0 unspecified atom stereocenters. The predicted octanol–water partition coefficient (Wildman–Crippen LogP) is 3.24. The average Bonchev–Trinajstić information content (AvgIpc) is 3.17. The number of ether oxygens (including phenoxy) is 1. The lowest BCUT2D eigenvalue weighted by molar-refractivity contribution is -0.136. The van der Waals surface area contributed by atoms with Crippen molar-refractivity contribution >= 4 is 12.1 Å². The summed E-state index contributed by atoms with van der Waals surface area (Å²) in [6, 6.07) is 13.8. The molecule has 1 amide bonds. The van der Waals surface area contributed by atoms with E-state index in [1.807, 2.05) is 30.3 Å². The summed E-state index contributed by atoms with van der Waals surface area (Å²) < 4.78 is 20.8. The molecule has 0 bridgehead atoms. The third-order valence-electron chi connectivity index (χ3n) is 4.18. The topological polar surface area (TPSA) is 93.5 Å². The number of nitrogens with one attached hydrogen (secondary N) is 1. The maximum Gasteiger partial charge on any atom is 0.407 e. The van der Waals surface area contributed by atoms with Gasteiger partial charge in [-0.05, 0) is 22.8 Å². The fourth-order valence-corrected chi connectivity index (χ4v) is 2.71. The summed E-state index contributed by atoms with van der Waals surface area (Å²) in [6.07, 6.45) is 2.43. The summed E-state index contributed by atoms with van der Waals surface area (Å²) in [4.78, 5) is 22.5. The van der Waals surface area contributed by atoms with Gasteiger partial charge in [0, 0.05) is 18.3 Å². The zero-order chi connectivity index (χ0) is 20.6. The first-order valence-electron chi connectivity index (χ1n) is 8.99. The fourth-order valence-electron chi connectivity index (χ4n) is 2.71. The lowest BCUT2D eigenvalue weighted by Gasteiger charge is -2.07. The van der Waals surface area contributed by atoms with Crippen molar-refractivity contribution in [2.45, 2.75) is 19.6 Å². The Morgan fingerprint density at radius 3 is 2.66 bits per heavy atom. The summed E-state index contributed by atoms with van der Waals surface area (Å²) in [7, 11) is 0. The number of alkyl carbamates (subject to hydrolysis) is 1. The highest BCUT2D eigenvalue weighted by Gasteiger charge is 2.10. The zero-order valence-electron chi connectivity index (χ0n) is 15.5. The molecule has 8 heteroatoms. The molecule has 0 fully saturated rings. The van der Waals surface area contributed by atoms with Gasteiger partial charge in [0.05, 0.1) is 19.2 Å². The average molecular weight is 397 g/mol. The standard InChI is InChI=1S/C21H20FN3O4/c22-19-10-16(6-7-17(19)11-20(26)27)18-12-24-25(13-18)9-8-23-21(28)29-14-15-4-2-1-3-5-15/h1-7,10,12-13H,8-9,11,14H2,(H,23,28)(H,26,27). The van der Waals surface area contributed by atoms with Gasteiger partial charge in [-0.2, -0.15) is 5.10 Å². The first-order chi connectivity index (χ1) is 14.0. The van der Waals surface area contributed by atoms with Crippen LogP contribution in [-0.4, -0.2) is 33.5 Å². The lowest BCUT2D eigenvalue weighted by atomic mass is 10.0. The number of carboxylic acid groups (broad SMARTS) is 1. The number of rotatable bonds is 8. The van der Waals surface area contributed by atoms with Gasteiger partial charge in [0.1, 0.15) is 12.4 Å². The number of benzene rings is 2. The van der Waals surface area contributed by atoms with Gasteiger partial charge in [0.25, 0.3) is 0 Å². The quantitative estimate of drug-likeness (QED) is 0.609. The molecule has 0 saturated carbocycles. The number of amides is 1. The molecule has 29 heavy (non-hydrogen) atoms. The molecule has 0 radical (unpaired) electrons. The molecule has 3 aromatic rings. The Bertz CT molecular complexity index is 989. The summed E-state index contributed by atoms with van der Waals surface area (Å²) in [6.45, 7) is 0.933. The van der Waals surface area contributed by atoms with Gasteiger partial charge >= 0.3 is 12.1 Å². The largest absolute Gasteiger partial charge is 0.481 e. The second-order valence-electron chi connectivity index (χ2n) is 6.36. The van der Waals surface area contributed by atoms with Gasteiger partial charge in [-0.3, -0.25) is 9.48 Å². The van der Waals surface area contributed by atoms with Gasteiger partial charge in [-0.15, -0.1) is 0 Å². The minimum absolute atomic E-state index is 0.131. The third-order valence-corrected chi connectivity index (χ3v) is 4.18. The number of aromatic nitrogens is 2. The molecule has 7 nitrogen and oxygen atoms in total. The van der Waals surface area contributed by atoms with Crippen LogP contribution in [0.2, 0.25) is 0 Å². The molecule has 1 aromatic heterocycles. The number of hydrogen-bond acceptors (Lipinski definition) is 4. The summed E-state index contributed by atoms with van der Waals surface area (Å²) in [5.74, 6) is -1.65. The molecular formula is C21H20FN3O4. The number of halogens is 1. The first kappa shape index (κ1) is 20.1. The minimum Gasteiger partial charge on any atom is -0.481 e. The van der Waals surface area contributed by atoms with E-state index in [0.717, 1.165) is 5.56 Å². The molecule has 0 aliphatic rings. The Morgan fingerprint density at radius 2 is 1.93 bits per heavy atom. The summed E-state index contributed by atoms with van der Waals surface area (Å²) >= 11 is 0. The van der Waals surface area contributed by atoms with Crippen molar-refractivity contribution in [1.82, 2.24) is 15.1 Å². The van der Waals surface area contributed by atoms with E-state index in [4.69, 9.17) is 9.84 Å². The van der Waals surface area contributed by atoms with Gasteiger partial charge in [0.2, 0.25) is 0 Å². The highest BCUT2D eigenvalue weighted by Crippen LogP contribution is 2.21. The smallest absolute Gasteiger partial charge is 0.407 e. The van der Waals surface area contributed by atoms with E-state index in [1.165, 1.54) is 12.1 Å². The Morgan fingerprint density at radius 1 is 1.14 bits per heavy atom. The Labute approximate surface area is 166 Å². The molecule has 0 aliphatic heterocycles. The molecule has 0 saturated heterocycles. The maximum atomic E-state index is 14.0. The van der Waals surface area contributed by atoms with Gasteiger partial charge < -0.3 is 15.2 Å². The molecule has 2 aromatic carbocycles. The van der Waals surface area contributed by atoms with E-state index < -0.39 is 17.9 Å². The highest BCUT2D eigenvalue weighted by molar-refractivity contribution is 5.71. The van der Waals surface area contributed by atoms with E-state index in [-0.39, 0.29) is 18.6 Å². The third kappa shape index (κ3) is 5.90. The fraction of sp³-hybridized carbons (Fsp3) is 0.190.